The average Bonchev–Trinajstić information content (AvgIpc) is 2.34. The summed E-state index contributed by atoms with van der Waals surface area (Å²) in [4.78, 5) is 11.5. The van der Waals surface area contributed by atoms with Crippen LogP contribution < -0.4 is 10.1 Å². The highest BCUT2D eigenvalue weighted by atomic mass is 79.9. The van der Waals surface area contributed by atoms with Crippen LogP contribution in [0, 0.1) is 0 Å². The van der Waals surface area contributed by atoms with E-state index in [9.17, 15) is 4.79 Å². The van der Waals surface area contributed by atoms with Crippen LogP contribution in [-0.2, 0) is 11.2 Å². The van der Waals surface area contributed by atoms with Crippen molar-refractivity contribution in [2.75, 3.05) is 13.7 Å². The predicted molar refractivity (Wildman–Crippen MR) is 80.1 cm³/mol. The van der Waals surface area contributed by atoms with Crippen LogP contribution in [0.5, 0.6) is 5.75 Å². The zero-order valence-corrected chi connectivity index (χ0v) is 13.3. The highest BCUT2D eigenvalue weighted by Gasteiger charge is 2.05. The zero-order chi connectivity index (χ0) is 13.5. The Bertz CT molecular complexity index is 447. The lowest BCUT2D eigenvalue weighted by atomic mass is 10.1. The summed E-state index contributed by atoms with van der Waals surface area (Å²) in [5.74, 6) is 0.807. The van der Waals surface area contributed by atoms with Crippen molar-refractivity contribution >= 4 is 37.8 Å². The summed E-state index contributed by atoms with van der Waals surface area (Å²) < 4.78 is 6.82. The second-order valence-electron chi connectivity index (χ2n) is 3.76. The van der Waals surface area contributed by atoms with Gasteiger partial charge in [0.2, 0.25) is 5.91 Å². The number of amides is 1. The van der Waals surface area contributed by atoms with Crippen LogP contribution in [0.3, 0.4) is 0 Å². The minimum Gasteiger partial charge on any atom is -0.496 e. The lowest BCUT2D eigenvalue weighted by Gasteiger charge is -2.07. The van der Waals surface area contributed by atoms with Gasteiger partial charge in [0.15, 0.2) is 0 Å². The Kier molecular flexibility index (Phi) is 6.43. The molecule has 1 aromatic carbocycles. The molecule has 1 N–H and O–H groups in total. The maximum atomic E-state index is 11.5. The number of halogens is 2. The third-order valence-corrected chi connectivity index (χ3v) is 3.23. The lowest BCUT2D eigenvalue weighted by molar-refractivity contribution is -0.120. The fourth-order valence-corrected chi connectivity index (χ4v) is 2.13. The number of carbonyl (C=O) groups excluding carboxylic acids is 1. The van der Waals surface area contributed by atoms with Crippen LogP contribution >= 0.6 is 31.9 Å². The number of aryl methyl sites for hydroxylation is 1. The third kappa shape index (κ3) is 5.23. The largest absolute Gasteiger partial charge is 0.496 e. The molecule has 0 aliphatic carbocycles. The first kappa shape index (κ1) is 15.2. The van der Waals surface area contributed by atoms with Crippen LogP contribution in [0.4, 0.5) is 0 Å². The van der Waals surface area contributed by atoms with Gasteiger partial charge in [-0.2, -0.15) is 0 Å². The normalized spacial score (nSPS) is 9.94. The van der Waals surface area contributed by atoms with Crippen molar-refractivity contribution in [2.24, 2.45) is 0 Å². The van der Waals surface area contributed by atoms with Crippen molar-refractivity contribution in [2.45, 2.75) is 12.8 Å². The molecule has 0 aromatic heterocycles. The van der Waals surface area contributed by atoms with Gasteiger partial charge in [-0.3, -0.25) is 4.79 Å². The molecule has 1 rings (SSSR count). The fourth-order valence-electron chi connectivity index (χ4n) is 1.41. The summed E-state index contributed by atoms with van der Waals surface area (Å²) in [6, 6.07) is 5.81. The Labute approximate surface area is 124 Å². The molecule has 0 saturated heterocycles. The van der Waals surface area contributed by atoms with E-state index in [4.69, 9.17) is 4.74 Å². The molecule has 0 spiro atoms. The molecule has 1 aromatic rings. The summed E-state index contributed by atoms with van der Waals surface area (Å²) in [5, 5.41) is 2.77. The molecule has 18 heavy (non-hydrogen) atoms. The predicted octanol–water partition coefficient (Wildman–Crippen LogP) is 3.42. The van der Waals surface area contributed by atoms with E-state index in [2.05, 4.69) is 43.8 Å². The van der Waals surface area contributed by atoms with Gasteiger partial charge in [0.25, 0.3) is 0 Å². The Morgan fingerprint density at radius 1 is 1.50 bits per heavy atom. The van der Waals surface area contributed by atoms with Gasteiger partial charge >= 0.3 is 0 Å². The number of nitrogens with one attached hydrogen (secondary N) is 1. The molecular formula is C13H15Br2NO2. The quantitative estimate of drug-likeness (QED) is 0.826. The maximum Gasteiger partial charge on any atom is 0.220 e. The number of methoxy groups -OCH3 is 1. The maximum absolute atomic E-state index is 11.5. The lowest BCUT2D eigenvalue weighted by Crippen LogP contribution is -2.24. The first-order valence-electron chi connectivity index (χ1n) is 5.45. The SMILES string of the molecule is C=C(Br)CNC(=O)CCc1ccc(OC)c(Br)c1. The summed E-state index contributed by atoms with van der Waals surface area (Å²) in [5.41, 5.74) is 1.09. The minimum atomic E-state index is 0.0162. The second-order valence-corrected chi connectivity index (χ2v) is 5.74. The van der Waals surface area contributed by atoms with Gasteiger partial charge in [-0.1, -0.05) is 28.6 Å². The number of rotatable bonds is 6. The van der Waals surface area contributed by atoms with Crippen LogP contribution in [0.1, 0.15) is 12.0 Å². The van der Waals surface area contributed by atoms with Crippen LogP contribution in [-0.4, -0.2) is 19.6 Å². The van der Waals surface area contributed by atoms with Gasteiger partial charge in [0.05, 0.1) is 11.6 Å². The van der Waals surface area contributed by atoms with Crippen molar-refractivity contribution in [1.82, 2.24) is 5.32 Å². The van der Waals surface area contributed by atoms with Gasteiger partial charge in [0, 0.05) is 17.4 Å². The van der Waals surface area contributed by atoms with Gasteiger partial charge in [-0.15, -0.1) is 0 Å². The Hall–Kier alpha value is -0.810. The fraction of sp³-hybridized carbons (Fsp3) is 0.308. The van der Waals surface area contributed by atoms with Gasteiger partial charge in [-0.05, 0) is 40.0 Å². The molecule has 5 heteroatoms. The zero-order valence-electron chi connectivity index (χ0n) is 10.1. The van der Waals surface area contributed by atoms with Crippen LogP contribution in [0.25, 0.3) is 0 Å². The first-order chi connectivity index (χ1) is 8.52. The molecule has 1 amide bonds. The molecule has 0 saturated carbocycles. The smallest absolute Gasteiger partial charge is 0.220 e. The number of benzene rings is 1. The van der Waals surface area contributed by atoms with Gasteiger partial charge in [-0.25, -0.2) is 0 Å². The first-order valence-corrected chi connectivity index (χ1v) is 7.04. The van der Waals surface area contributed by atoms with Crippen molar-refractivity contribution in [3.8, 4) is 5.75 Å². The molecule has 0 heterocycles. The Balaban J connectivity index is 2.46. The van der Waals surface area contributed by atoms with Crippen LogP contribution in [0.2, 0.25) is 0 Å². The Morgan fingerprint density at radius 2 is 2.22 bits per heavy atom. The molecule has 0 unspecified atom stereocenters. The van der Waals surface area contributed by atoms with E-state index < -0.39 is 0 Å². The van der Waals surface area contributed by atoms with Crippen molar-refractivity contribution in [3.05, 3.63) is 39.3 Å². The minimum absolute atomic E-state index is 0.0162. The summed E-state index contributed by atoms with van der Waals surface area (Å²) in [6.45, 7) is 4.12. The highest BCUT2D eigenvalue weighted by molar-refractivity contribution is 9.11. The molecule has 0 bridgehead atoms. The second kappa shape index (κ2) is 7.59. The van der Waals surface area contributed by atoms with E-state index >= 15 is 0 Å². The third-order valence-electron chi connectivity index (χ3n) is 2.33. The number of carbonyl (C=O) groups is 1. The monoisotopic (exact) mass is 375 g/mol. The van der Waals surface area contributed by atoms with Crippen LogP contribution in [0.15, 0.2) is 33.7 Å². The van der Waals surface area contributed by atoms with E-state index in [-0.39, 0.29) is 5.91 Å². The Morgan fingerprint density at radius 3 is 2.78 bits per heavy atom. The number of ether oxygens (including phenoxy) is 1. The van der Waals surface area contributed by atoms with E-state index in [1.165, 1.54) is 0 Å². The molecule has 0 aliphatic rings. The van der Waals surface area contributed by atoms with E-state index in [0.29, 0.717) is 19.4 Å². The average molecular weight is 377 g/mol. The number of hydrogen-bond donors (Lipinski definition) is 1. The van der Waals surface area contributed by atoms with E-state index in [1.807, 2.05) is 18.2 Å². The standard InChI is InChI=1S/C13H15Br2NO2/c1-9(14)8-16-13(17)6-4-10-3-5-12(18-2)11(15)7-10/h3,5,7H,1,4,6,8H2,2H3,(H,16,17). The summed E-state index contributed by atoms with van der Waals surface area (Å²) in [6.07, 6.45) is 1.15. The van der Waals surface area contributed by atoms with Crippen molar-refractivity contribution < 1.29 is 9.53 Å². The molecule has 0 fully saturated rings. The topological polar surface area (TPSA) is 38.3 Å². The molecule has 0 radical (unpaired) electrons. The van der Waals surface area contributed by atoms with Crippen molar-refractivity contribution in [1.29, 1.82) is 0 Å². The molecule has 98 valence electrons. The molecule has 0 atom stereocenters. The van der Waals surface area contributed by atoms with E-state index in [1.54, 1.807) is 7.11 Å². The molecular weight excluding hydrogens is 362 g/mol. The molecule has 0 aliphatic heterocycles. The molecule has 3 nitrogen and oxygen atoms in total. The highest BCUT2D eigenvalue weighted by Crippen LogP contribution is 2.25. The van der Waals surface area contributed by atoms with Crippen molar-refractivity contribution in [3.63, 3.8) is 0 Å². The van der Waals surface area contributed by atoms with E-state index in [0.717, 1.165) is 20.3 Å². The number of hydrogen-bond acceptors (Lipinski definition) is 2. The van der Waals surface area contributed by atoms with Gasteiger partial charge in [0.1, 0.15) is 5.75 Å². The summed E-state index contributed by atoms with van der Waals surface area (Å²) in [7, 11) is 1.63. The van der Waals surface area contributed by atoms with Gasteiger partial charge < -0.3 is 10.1 Å². The summed E-state index contributed by atoms with van der Waals surface area (Å²) >= 11 is 6.62.